The number of halogens is 1. The van der Waals surface area contributed by atoms with Gasteiger partial charge in [0.1, 0.15) is 5.82 Å². The fraction of sp³-hybridized carbons (Fsp3) is 0.455. The van der Waals surface area contributed by atoms with Gasteiger partial charge in [0.05, 0.1) is 10.6 Å². The Morgan fingerprint density at radius 2 is 2.00 bits per heavy atom. The summed E-state index contributed by atoms with van der Waals surface area (Å²) in [6.07, 6.45) is 0. The Bertz CT molecular complexity index is 469. The van der Waals surface area contributed by atoms with Crippen LogP contribution < -0.4 is 5.73 Å². The number of hydrogen-bond donors (Lipinski definition) is 1. The first-order valence-corrected chi connectivity index (χ1v) is 6.60. The van der Waals surface area contributed by atoms with Gasteiger partial charge in [-0.3, -0.25) is 0 Å². The van der Waals surface area contributed by atoms with E-state index in [1.807, 2.05) is 0 Å². The normalized spacial score (nSPS) is 12.8. The summed E-state index contributed by atoms with van der Waals surface area (Å²) in [6, 6.07) is 5.03. The molecule has 1 aromatic rings. The van der Waals surface area contributed by atoms with Gasteiger partial charge >= 0.3 is 0 Å². The van der Waals surface area contributed by atoms with Crippen LogP contribution in [0.4, 0.5) is 4.39 Å². The van der Waals surface area contributed by atoms with Gasteiger partial charge < -0.3 is 5.73 Å². The molecule has 0 aliphatic heterocycles. The molecule has 90 valence electrons. The standard InChI is InChI=1S/C11H16FNO2S/c1-11(2,7-13)8-16(14,15)10-5-3-4-9(12)6-10/h3-6H,7-8,13H2,1-2H3. The van der Waals surface area contributed by atoms with E-state index in [9.17, 15) is 12.8 Å². The molecule has 0 saturated carbocycles. The molecule has 0 fully saturated rings. The van der Waals surface area contributed by atoms with Crippen LogP contribution in [0, 0.1) is 11.2 Å². The fourth-order valence-electron chi connectivity index (χ4n) is 1.32. The first-order chi connectivity index (χ1) is 7.27. The Hall–Kier alpha value is -0.940. The molecule has 0 spiro atoms. The minimum Gasteiger partial charge on any atom is -0.330 e. The van der Waals surface area contributed by atoms with Crippen molar-refractivity contribution in [2.24, 2.45) is 11.1 Å². The van der Waals surface area contributed by atoms with Crippen LogP contribution in [0.25, 0.3) is 0 Å². The maximum atomic E-state index is 12.9. The van der Waals surface area contributed by atoms with Crippen molar-refractivity contribution in [2.75, 3.05) is 12.3 Å². The van der Waals surface area contributed by atoms with Crippen LogP contribution in [0.5, 0.6) is 0 Å². The van der Waals surface area contributed by atoms with E-state index in [-0.39, 0.29) is 17.2 Å². The molecule has 1 aromatic carbocycles. The molecular weight excluding hydrogens is 229 g/mol. The third-order valence-corrected chi connectivity index (χ3v) is 4.42. The number of sulfone groups is 1. The summed E-state index contributed by atoms with van der Waals surface area (Å²) in [5, 5.41) is 0. The van der Waals surface area contributed by atoms with E-state index in [1.54, 1.807) is 13.8 Å². The third-order valence-electron chi connectivity index (χ3n) is 2.29. The largest absolute Gasteiger partial charge is 0.330 e. The molecule has 0 atom stereocenters. The lowest BCUT2D eigenvalue weighted by atomic mass is 9.97. The number of benzene rings is 1. The minimum absolute atomic E-state index is 0.00836. The van der Waals surface area contributed by atoms with E-state index in [4.69, 9.17) is 5.73 Å². The fourth-order valence-corrected chi connectivity index (χ4v) is 3.21. The lowest BCUT2D eigenvalue weighted by Gasteiger charge is -2.21. The van der Waals surface area contributed by atoms with Gasteiger partial charge in [-0.25, -0.2) is 12.8 Å². The molecule has 0 aliphatic carbocycles. The van der Waals surface area contributed by atoms with E-state index in [2.05, 4.69) is 0 Å². The summed E-state index contributed by atoms with van der Waals surface area (Å²) in [6.45, 7) is 3.80. The number of rotatable bonds is 4. The van der Waals surface area contributed by atoms with Gasteiger partial charge in [-0.15, -0.1) is 0 Å². The topological polar surface area (TPSA) is 60.2 Å². The lowest BCUT2D eigenvalue weighted by Crippen LogP contribution is -2.31. The zero-order valence-electron chi connectivity index (χ0n) is 9.40. The maximum absolute atomic E-state index is 12.9. The Balaban J connectivity index is 3.04. The molecule has 0 saturated heterocycles. The summed E-state index contributed by atoms with van der Waals surface area (Å²) in [4.78, 5) is 0.00836. The molecule has 0 heterocycles. The van der Waals surface area contributed by atoms with E-state index < -0.39 is 21.1 Å². The minimum atomic E-state index is -3.47. The Morgan fingerprint density at radius 3 is 2.50 bits per heavy atom. The van der Waals surface area contributed by atoms with Crippen LogP contribution in [-0.2, 0) is 9.84 Å². The first-order valence-electron chi connectivity index (χ1n) is 4.95. The molecule has 2 N–H and O–H groups in total. The van der Waals surface area contributed by atoms with Crippen molar-refractivity contribution in [1.82, 2.24) is 0 Å². The van der Waals surface area contributed by atoms with Gasteiger partial charge in [-0.2, -0.15) is 0 Å². The summed E-state index contributed by atoms with van der Waals surface area (Å²) in [5.74, 6) is -0.633. The summed E-state index contributed by atoms with van der Waals surface area (Å²) in [7, 11) is -3.47. The molecule has 0 radical (unpaired) electrons. The molecular formula is C11H16FNO2S. The number of hydrogen-bond acceptors (Lipinski definition) is 3. The van der Waals surface area contributed by atoms with Crippen LogP contribution in [0.15, 0.2) is 29.2 Å². The highest BCUT2D eigenvalue weighted by Gasteiger charge is 2.26. The van der Waals surface area contributed by atoms with Gasteiger partial charge in [0.25, 0.3) is 0 Å². The zero-order chi connectivity index (χ0) is 12.4. The Morgan fingerprint density at radius 1 is 1.38 bits per heavy atom. The van der Waals surface area contributed by atoms with Gasteiger partial charge in [-0.1, -0.05) is 19.9 Å². The zero-order valence-corrected chi connectivity index (χ0v) is 10.2. The molecule has 5 heteroatoms. The van der Waals surface area contributed by atoms with Crippen LogP contribution in [0.1, 0.15) is 13.8 Å². The van der Waals surface area contributed by atoms with Crippen molar-refractivity contribution in [3.8, 4) is 0 Å². The smallest absolute Gasteiger partial charge is 0.179 e. The van der Waals surface area contributed by atoms with Crippen LogP contribution in [-0.4, -0.2) is 20.7 Å². The predicted octanol–water partition coefficient (Wildman–Crippen LogP) is 1.58. The van der Waals surface area contributed by atoms with E-state index in [0.29, 0.717) is 0 Å². The second kappa shape index (κ2) is 4.51. The van der Waals surface area contributed by atoms with Gasteiger partial charge in [0, 0.05) is 0 Å². The van der Waals surface area contributed by atoms with Gasteiger partial charge in [-0.05, 0) is 30.2 Å². The molecule has 0 unspecified atom stereocenters. The average molecular weight is 245 g/mol. The van der Waals surface area contributed by atoms with Crippen molar-refractivity contribution in [3.63, 3.8) is 0 Å². The second-order valence-corrected chi connectivity index (χ2v) is 6.57. The summed E-state index contributed by atoms with van der Waals surface area (Å²) in [5.41, 5.74) is 4.97. The van der Waals surface area contributed by atoms with E-state index in [0.717, 1.165) is 6.07 Å². The maximum Gasteiger partial charge on any atom is 0.179 e. The van der Waals surface area contributed by atoms with Gasteiger partial charge in [0.15, 0.2) is 9.84 Å². The van der Waals surface area contributed by atoms with E-state index in [1.165, 1.54) is 18.2 Å². The molecule has 0 amide bonds. The lowest BCUT2D eigenvalue weighted by molar-refractivity contribution is 0.425. The van der Waals surface area contributed by atoms with Crippen LogP contribution in [0.3, 0.4) is 0 Å². The highest BCUT2D eigenvalue weighted by Crippen LogP contribution is 2.21. The van der Waals surface area contributed by atoms with Crippen molar-refractivity contribution in [3.05, 3.63) is 30.1 Å². The first kappa shape index (κ1) is 13.1. The van der Waals surface area contributed by atoms with Gasteiger partial charge in [0.2, 0.25) is 0 Å². The summed E-state index contributed by atoms with van der Waals surface area (Å²) >= 11 is 0. The molecule has 3 nitrogen and oxygen atoms in total. The SMILES string of the molecule is CC(C)(CN)CS(=O)(=O)c1cccc(F)c1. The Kier molecular flexibility index (Phi) is 3.70. The molecule has 1 rings (SSSR count). The quantitative estimate of drug-likeness (QED) is 0.876. The second-order valence-electron chi connectivity index (χ2n) is 4.58. The molecule has 0 aromatic heterocycles. The van der Waals surface area contributed by atoms with Crippen molar-refractivity contribution < 1.29 is 12.8 Å². The van der Waals surface area contributed by atoms with Crippen molar-refractivity contribution in [1.29, 1.82) is 0 Å². The summed E-state index contributed by atoms with van der Waals surface area (Å²) < 4.78 is 36.8. The monoisotopic (exact) mass is 245 g/mol. The molecule has 0 aliphatic rings. The average Bonchev–Trinajstić information content (AvgIpc) is 2.16. The van der Waals surface area contributed by atoms with Crippen molar-refractivity contribution in [2.45, 2.75) is 18.7 Å². The molecule has 16 heavy (non-hydrogen) atoms. The van der Waals surface area contributed by atoms with Crippen LogP contribution in [0.2, 0.25) is 0 Å². The highest BCUT2D eigenvalue weighted by molar-refractivity contribution is 7.91. The van der Waals surface area contributed by atoms with E-state index >= 15 is 0 Å². The molecule has 0 bridgehead atoms. The number of nitrogens with two attached hydrogens (primary N) is 1. The highest BCUT2D eigenvalue weighted by atomic mass is 32.2. The predicted molar refractivity (Wildman–Crippen MR) is 61.3 cm³/mol. The third kappa shape index (κ3) is 3.28. The van der Waals surface area contributed by atoms with Crippen LogP contribution >= 0.6 is 0 Å². The Labute approximate surface area is 95.4 Å². The van der Waals surface area contributed by atoms with Crippen molar-refractivity contribution >= 4 is 9.84 Å².